The maximum atomic E-state index is 12.8. The Kier molecular flexibility index (Phi) is 5.18. The molecule has 9 heteroatoms. The molecule has 0 amide bonds. The van der Waals surface area contributed by atoms with Crippen LogP contribution in [0.15, 0.2) is 59.9 Å². The Hall–Kier alpha value is -3.59. The average molecular weight is 446 g/mol. The summed E-state index contributed by atoms with van der Waals surface area (Å²) >= 11 is 1.37. The Labute approximate surface area is 187 Å². The lowest BCUT2D eigenvalue weighted by molar-refractivity contribution is -0.384. The molecule has 0 spiro atoms. The molecule has 0 N–H and O–H groups in total. The number of nitro groups is 1. The number of rotatable bonds is 5. The fourth-order valence-electron chi connectivity index (χ4n) is 3.91. The number of nitrogens with zero attached hydrogens (tertiary/aromatic N) is 5. The number of benzene rings is 2. The molecule has 0 saturated carbocycles. The third-order valence-electron chi connectivity index (χ3n) is 5.60. The van der Waals surface area contributed by atoms with Gasteiger partial charge in [0.25, 0.3) is 11.5 Å². The van der Waals surface area contributed by atoms with Crippen LogP contribution in [-0.2, 0) is 12.2 Å². The Balaban J connectivity index is 1.38. The highest BCUT2D eigenvalue weighted by molar-refractivity contribution is 7.98. The molecule has 32 heavy (non-hydrogen) atoms. The Morgan fingerprint density at radius 2 is 1.97 bits per heavy atom. The maximum Gasteiger partial charge on any atom is 0.269 e. The fraction of sp³-hybridized carbons (Fsp3) is 0.217. The molecule has 1 aliphatic rings. The lowest BCUT2D eigenvalue weighted by atomic mass is 9.82. The molecule has 0 radical (unpaired) electrons. The smallest absolute Gasteiger partial charge is 0.269 e. The number of carbonyl (C=O) groups excluding carboxylic acids is 1. The molecule has 0 unspecified atom stereocenters. The van der Waals surface area contributed by atoms with Crippen LogP contribution in [0, 0.1) is 17.0 Å². The zero-order valence-corrected chi connectivity index (χ0v) is 18.1. The highest BCUT2D eigenvalue weighted by Gasteiger charge is 2.28. The van der Waals surface area contributed by atoms with Crippen molar-refractivity contribution in [2.24, 2.45) is 0 Å². The number of carbonyl (C=O) groups is 1. The number of fused-ring (bicyclic) bond motifs is 2. The summed E-state index contributed by atoms with van der Waals surface area (Å²) in [4.78, 5) is 32.5. The standard InChI is InChI=1S/C23H19N5O3S/c1-14-5-7-16(8-6-14)17-10-20-19(21(29)11-17)12-27-22(24-20)25-23(26-27)32-13-15-3-2-4-18(9-15)28(30)31/h2-9,12,17H,10-11,13H2,1H3/t17-/m1/s1. The number of aryl methyl sites for hydroxylation is 1. The Morgan fingerprint density at radius 1 is 1.16 bits per heavy atom. The van der Waals surface area contributed by atoms with Crippen molar-refractivity contribution in [3.63, 3.8) is 0 Å². The van der Waals surface area contributed by atoms with Crippen LogP contribution in [0.2, 0.25) is 0 Å². The SMILES string of the molecule is Cc1ccc([C@H]2CC(=O)c3cn4nc(SCc5cccc([N+](=O)[O-])c5)nc4nc3C2)cc1. The Bertz CT molecular complexity index is 1350. The van der Waals surface area contributed by atoms with Gasteiger partial charge in [-0.2, -0.15) is 4.98 Å². The van der Waals surface area contributed by atoms with Gasteiger partial charge in [0, 0.05) is 30.5 Å². The van der Waals surface area contributed by atoms with Crippen LogP contribution < -0.4 is 0 Å². The zero-order chi connectivity index (χ0) is 22.2. The second-order valence-corrected chi connectivity index (χ2v) is 8.84. The molecular weight excluding hydrogens is 426 g/mol. The van der Waals surface area contributed by atoms with Gasteiger partial charge in [0.05, 0.1) is 16.2 Å². The van der Waals surface area contributed by atoms with E-state index >= 15 is 0 Å². The van der Waals surface area contributed by atoms with Crippen molar-refractivity contribution in [3.05, 3.63) is 92.8 Å². The van der Waals surface area contributed by atoms with Gasteiger partial charge in [-0.3, -0.25) is 14.9 Å². The summed E-state index contributed by atoms with van der Waals surface area (Å²) < 4.78 is 1.54. The van der Waals surface area contributed by atoms with Crippen molar-refractivity contribution in [1.29, 1.82) is 0 Å². The Morgan fingerprint density at radius 3 is 2.75 bits per heavy atom. The second kappa shape index (κ2) is 8.16. The van der Waals surface area contributed by atoms with Crippen molar-refractivity contribution in [1.82, 2.24) is 19.6 Å². The second-order valence-electron chi connectivity index (χ2n) is 7.89. The first-order valence-electron chi connectivity index (χ1n) is 10.2. The van der Waals surface area contributed by atoms with E-state index in [1.165, 1.54) is 23.4 Å². The lowest BCUT2D eigenvalue weighted by Gasteiger charge is -2.23. The van der Waals surface area contributed by atoms with Crippen LogP contribution in [-0.4, -0.2) is 30.3 Å². The molecule has 0 aliphatic heterocycles. The van der Waals surface area contributed by atoms with Crippen LogP contribution in [0.4, 0.5) is 5.69 Å². The first-order valence-corrected chi connectivity index (χ1v) is 11.2. The summed E-state index contributed by atoms with van der Waals surface area (Å²) in [6, 6.07) is 14.8. The molecule has 1 aliphatic carbocycles. The van der Waals surface area contributed by atoms with Crippen molar-refractivity contribution in [2.75, 3.05) is 0 Å². The van der Waals surface area contributed by atoms with Crippen LogP contribution in [0.1, 0.15) is 45.1 Å². The number of aromatic nitrogens is 4. The molecule has 0 saturated heterocycles. The number of non-ortho nitro benzene ring substituents is 1. The van der Waals surface area contributed by atoms with Crippen molar-refractivity contribution in [2.45, 2.75) is 36.6 Å². The molecule has 2 heterocycles. The van der Waals surface area contributed by atoms with Gasteiger partial charge in [-0.05, 0) is 30.4 Å². The summed E-state index contributed by atoms with van der Waals surface area (Å²) in [6.07, 6.45) is 2.85. The number of hydrogen-bond acceptors (Lipinski definition) is 7. The largest absolute Gasteiger partial charge is 0.294 e. The van der Waals surface area contributed by atoms with E-state index in [-0.39, 0.29) is 17.4 Å². The quantitative estimate of drug-likeness (QED) is 0.252. The summed E-state index contributed by atoms with van der Waals surface area (Å²) in [6.45, 7) is 2.04. The maximum absolute atomic E-state index is 12.8. The third-order valence-corrected chi connectivity index (χ3v) is 6.51. The molecule has 0 bridgehead atoms. The van der Waals surface area contributed by atoms with E-state index in [0.717, 1.165) is 16.8 Å². The molecule has 2 aromatic carbocycles. The van der Waals surface area contributed by atoms with Crippen LogP contribution in [0.3, 0.4) is 0 Å². The van der Waals surface area contributed by atoms with Gasteiger partial charge < -0.3 is 0 Å². The highest BCUT2D eigenvalue weighted by atomic mass is 32.2. The van der Waals surface area contributed by atoms with Gasteiger partial charge in [0.15, 0.2) is 5.78 Å². The monoisotopic (exact) mass is 445 g/mol. The van der Waals surface area contributed by atoms with Crippen molar-refractivity contribution in [3.8, 4) is 0 Å². The molecule has 8 nitrogen and oxygen atoms in total. The number of ketones is 1. The summed E-state index contributed by atoms with van der Waals surface area (Å²) in [7, 11) is 0. The van der Waals surface area contributed by atoms with Crippen molar-refractivity contribution < 1.29 is 9.72 Å². The molecule has 2 aromatic heterocycles. The van der Waals surface area contributed by atoms with Gasteiger partial charge in [-0.15, -0.1) is 5.10 Å². The molecule has 0 fully saturated rings. The molecule has 1 atom stereocenters. The van der Waals surface area contributed by atoms with Crippen molar-refractivity contribution >= 4 is 29.0 Å². The number of thioether (sulfide) groups is 1. The van der Waals surface area contributed by atoms with E-state index in [1.54, 1.807) is 22.8 Å². The van der Waals surface area contributed by atoms with E-state index in [1.807, 2.05) is 13.0 Å². The van der Waals surface area contributed by atoms with E-state index in [4.69, 9.17) is 0 Å². The van der Waals surface area contributed by atoms with E-state index in [0.29, 0.717) is 35.1 Å². The predicted molar refractivity (Wildman–Crippen MR) is 120 cm³/mol. The predicted octanol–water partition coefficient (Wildman–Crippen LogP) is 4.55. The van der Waals surface area contributed by atoms with Gasteiger partial charge in [0.1, 0.15) is 0 Å². The number of nitro benzene ring substituents is 1. The summed E-state index contributed by atoms with van der Waals surface area (Å²) in [5, 5.41) is 15.9. The van der Waals surface area contributed by atoms with E-state index in [9.17, 15) is 14.9 Å². The number of hydrogen-bond donors (Lipinski definition) is 0. The van der Waals surface area contributed by atoms with Crippen LogP contribution in [0.25, 0.3) is 5.78 Å². The number of Topliss-reactive ketones (excluding diaryl/α,β-unsaturated/α-hetero) is 1. The lowest BCUT2D eigenvalue weighted by Crippen LogP contribution is -2.21. The third kappa shape index (κ3) is 3.99. The summed E-state index contributed by atoms with van der Waals surface area (Å²) in [5.41, 5.74) is 4.55. The van der Waals surface area contributed by atoms with Gasteiger partial charge in [0.2, 0.25) is 5.16 Å². The minimum Gasteiger partial charge on any atom is -0.294 e. The average Bonchev–Trinajstić information content (AvgIpc) is 3.19. The van der Waals surface area contributed by atoms with Gasteiger partial charge in [-0.25, -0.2) is 9.50 Å². The van der Waals surface area contributed by atoms with E-state index in [2.05, 4.69) is 39.3 Å². The normalized spacial score (nSPS) is 15.7. The first kappa shape index (κ1) is 20.3. The van der Waals surface area contributed by atoms with Gasteiger partial charge >= 0.3 is 0 Å². The topological polar surface area (TPSA) is 103 Å². The van der Waals surface area contributed by atoms with Crippen LogP contribution in [0.5, 0.6) is 0 Å². The highest BCUT2D eigenvalue weighted by Crippen LogP contribution is 2.32. The minimum atomic E-state index is -0.410. The fourth-order valence-corrected chi connectivity index (χ4v) is 4.67. The zero-order valence-electron chi connectivity index (χ0n) is 17.3. The van der Waals surface area contributed by atoms with Gasteiger partial charge in [-0.1, -0.05) is 53.7 Å². The molecule has 4 aromatic rings. The summed E-state index contributed by atoms with van der Waals surface area (Å²) in [5.74, 6) is 1.11. The molecular formula is C23H19N5O3S. The van der Waals surface area contributed by atoms with Crippen LogP contribution >= 0.6 is 11.8 Å². The minimum absolute atomic E-state index is 0.0574. The van der Waals surface area contributed by atoms with E-state index < -0.39 is 4.92 Å². The molecule has 5 rings (SSSR count). The first-order chi connectivity index (χ1) is 15.5. The molecule has 160 valence electrons.